The fourth-order valence-electron chi connectivity index (χ4n) is 2.91. The first-order valence-corrected chi connectivity index (χ1v) is 7.63. The second kappa shape index (κ2) is 6.62. The van der Waals surface area contributed by atoms with Crippen molar-refractivity contribution < 1.29 is 17.9 Å². The SMILES string of the molecule is FC(F)(F)c1ccc(O[C@H]2CCNC[C@@H]2c2ccccc2)cc1. The molecule has 2 aromatic rings. The number of benzene rings is 2. The Kier molecular flexibility index (Phi) is 4.57. The van der Waals surface area contributed by atoms with Crippen molar-refractivity contribution in [1.82, 2.24) is 5.32 Å². The third-order valence-electron chi connectivity index (χ3n) is 4.12. The maximum atomic E-state index is 12.6. The van der Waals surface area contributed by atoms with Crippen LogP contribution in [0.3, 0.4) is 0 Å². The van der Waals surface area contributed by atoms with Gasteiger partial charge in [-0.15, -0.1) is 0 Å². The Hall–Kier alpha value is -2.01. The number of hydrogen-bond donors (Lipinski definition) is 1. The molecule has 2 atom stereocenters. The van der Waals surface area contributed by atoms with E-state index >= 15 is 0 Å². The first-order valence-electron chi connectivity index (χ1n) is 7.63. The molecule has 2 nitrogen and oxygen atoms in total. The summed E-state index contributed by atoms with van der Waals surface area (Å²) >= 11 is 0. The molecule has 122 valence electrons. The molecule has 0 bridgehead atoms. The van der Waals surface area contributed by atoms with Crippen molar-refractivity contribution in [3.8, 4) is 5.75 Å². The van der Waals surface area contributed by atoms with Gasteiger partial charge < -0.3 is 10.1 Å². The minimum absolute atomic E-state index is 0.0459. The second-order valence-corrected chi connectivity index (χ2v) is 5.69. The van der Waals surface area contributed by atoms with Crippen molar-refractivity contribution in [2.75, 3.05) is 13.1 Å². The number of piperidine rings is 1. The van der Waals surface area contributed by atoms with E-state index in [-0.39, 0.29) is 12.0 Å². The summed E-state index contributed by atoms with van der Waals surface area (Å²) < 4.78 is 43.8. The average molecular weight is 321 g/mol. The van der Waals surface area contributed by atoms with Gasteiger partial charge in [0, 0.05) is 12.5 Å². The molecule has 1 aliphatic rings. The number of ether oxygens (including phenoxy) is 1. The van der Waals surface area contributed by atoms with E-state index in [1.165, 1.54) is 17.7 Å². The predicted molar refractivity (Wildman–Crippen MR) is 82.5 cm³/mol. The summed E-state index contributed by atoms with van der Waals surface area (Å²) in [5.41, 5.74) is 0.520. The molecule has 0 unspecified atom stereocenters. The highest BCUT2D eigenvalue weighted by Crippen LogP contribution is 2.32. The van der Waals surface area contributed by atoms with Crippen molar-refractivity contribution in [1.29, 1.82) is 0 Å². The number of nitrogens with one attached hydrogen (secondary N) is 1. The van der Waals surface area contributed by atoms with Crippen LogP contribution in [0.5, 0.6) is 5.75 Å². The number of alkyl halides is 3. The summed E-state index contributed by atoms with van der Waals surface area (Å²) in [6, 6.07) is 15.0. The molecular weight excluding hydrogens is 303 g/mol. The van der Waals surface area contributed by atoms with E-state index in [0.717, 1.165) is 31.6 Å². The van der Waals surface area contributed by atoms with Gasteiger partial charge in [-0.2, -0.15) is 13.2 Å². The van der Waals surface area contributed by atoms with Gasteiger partial charge in [-0.1, -0.05) is 30.3 Å². The lowest BCUT2D eigenvalue weighted by molar-refractivity contribution is -0.137. The summed E-state index contributed by atoms with van der Waals surface area (Å²) in [4.78, 5) is 0. The van der Waals surface area contributed by atoms with Gasteiger partial charge in [0.1, 0.15) is 11.9 Å². The van der Waals surface area contributed by atoms with Crippen LogP contribution in [0.25, 0.3) is 0 Å². The Morgan fingerprint density at radius 3 is 2.30 bits per heavy atom. The zero-order valence-electron chi connectivity index (χ0n) is 12.5. The third-order valence-corrected chi connectivity index (χ3v) is 4.12. The molecule has 3 rings (SSSR count). The smallest absolute Gasteiger partial charge is 0.416 e. The van der Waals surface area contributed by atoms with Gasteiger partial charge in [0.25, 0.3) is 0 Å². The van der Waals surface area contributed by atoms with Gasteiger partial charge in [-0.3, -0.25) is 0 Å². The molecule has 0 spiro atoms. The highest BCUT2D eigenvalue weighted by atomic mass is 19.4. The highest BCUT2D eigenvalue weighted by molar-refractivity contribution is 5.30. The highest BCUT2D eigenvalue weighted by Gasteiger charge is 2.31. The van der Waals surface area contributed by atoms with E-state index in [0.29, 0.717) is 5.75 Å². The minimum Gasteiger partial charge on any atom is -0.490 e. The number of rotatable bonds is 3. The standard InChI is InChI=1S/C18H18F3NO/c19-18(20,21)14-6-8-15(9-7-14)23-17-10-11-22-12-16(17)13-4-2-1-3-5-13/h1-9,16-17,22H,10-12H2/t16-,17+/m1/s1. The van der Waals surface area contributed by atoms with E-state index in [2.05, 4.69) is 17.4 Å². The van der Waals surface area contributed by atoms with Crippen molar-refractivity contribution >= 4 is 0 Å². The van der Waals surface area contributed by atoms with E-state index in [1.807, 2.05) is 18.2 Å². The molecule has 23 heavy (non-hydrogen) atoms. The Bertz CT molecular complexity index is 625. The van der Waals surface area contributed by atoms with Crippen molar-refractivity contribution in [3.63, 3.8) is 0 Å². The Morgan fingerprint density at radius 1 is 0.957 bits per heavy atom. The lowest BCUT2D eigenvalue weighted by Crippen LogP contribution is -2.41. The fraction of sp³-hybridized carbons (Fsp3) is 0.333. The van der Waals surface area contributed by atoms with Crippen LogP contribution in [-0.2, 0) is 6.18 Å². The number of hydrogen-bond acceptors (Lipinski definition) is 2. The molecule has 0 aliphatic carbocycles. The van der Waals surface area contributed by atoms with Crippen LogP contribution in [0.1, 0.15) is 23.5 Å². The molecule has 2 aromatic carbocycles. The quantitative estimate of drug-likeness (QED) is 0.913. The second-order valence-electron chi connectivity index (χ2n) is 5.69. The predicted octanol–water partition coefficient (Wildman–Crippen LogP) is 4.23. The van der Waals surface area contributed by atoms with Gasteiger partial charge >= 0.3 is 6.18 Å². The molecular formula is C18H18F3NO. The van der Waals surface area contributed by atoms with Gasteiger partial charge in [-0.25, -0.2) is 0 Å². The van der Waals surface area contributed by atoms with Crippen molar-refractivity contribution in [2.45, 2.75) is 24.6 Å². The third kappa shape index (κ3) is 3.85. The van der Waals surface area contributed by atoms with Crippen molar-refractivity contribution in [2.24, 2.45) is 0 Å². The maximum Gasteiger partial charge on any atom is 0.416 e. The van der Waals surface area contributed by atoms with Crippen LogP contribution in [0.4, 0.5) is 13.2 Å². The Morgan fingerprint density at radius 2 is 1.65 bits per heavy atom. The first-order chi connectivity index (χ1) is 11.0. The summed E-state index contributed by atoms with van der Waals surface area (Å²) in [5.74, 6) is 0.665. The zero-order chi connectivity index (χ0) is 16.3. The van der Waals surface area contributed by atoms with Crippen LogP contribution < -0.4 is 10.1 Å². The minimum atomic E-state index is -4.32. The molecule has 0 radical (unpaired) electrons. The van der Waals surface area contributed by atoms with Gasteiger partial charge in [0.05, 0.1) is 5.56 Å². The molecule has 1 saturated heterocycles. The van der Waals surface area contributed by atoms with E-state index in [1.54, 1.807) is 0 Å². The molecule has 1 fully saturated rings. The average Bonchev–Trinajstić information content (AvgIpc) is 2.56. The molecule has 1 heterocycles. The zero-order valence-corrected chi connectivity index (χ0v) is 12.5. The largest absolute Gasteiger partial charge is 0.490 e. The molecule has 0 amide bonds. The van der Waals surface area contributed by atoms with Crippen LogP contribution >= 0.6 is 0 Å². The fourth-order valence-corrected chi connectivity index (χ4v) is 2.91. The van der Waals surface area contributed by atoms with Gasteiger partial charge in [0.15, 0.2) is 0 Å². The summed E-state index contributed by atoms with van der Waals surface area (Å²) in [5, 5.41) is 3.35. The lowest BCUT2D eigenvalue weighted by Gasteiger charge is -2.33. The topological polar surface area (TPSA) is 21.3 Å². The van der Waals surface area contributed by atoms with Gasteiger partial charge in [0.2, 0.25) is 0 Å². The molecule has 1 aliphatic heterocycles. The van der Waals surface area contributed by atoms with Crippen molar-refractivity contribution in [3.05, 3.63) is 65.7 Å². The summed E-state index contributed by atoms with van der Waals surface area (Å²) in [6.07, 6.45) is -3.55. The normalized spacial score (nSPS) is 21.9. The summed E-state index contributed by atoms with van der Waals surface area (Å²) in [7, 11) is 0. The van der Waals surface area contributed by atoms with Crippen LogP contribution in [0.2, 0.25) is 0 Å². The summed E-state index contributed by atoms with van der Waals surface area (Å²) in [6.45, 7) is 1.64. The first kappa shape index (κ1) is 15.9. The van der Waals surface area contributed by atoms with Crippen LogP contribution in [-0.4, -0.2) is 19.2 Å². The monoisotopic (exact) mass is 321 g/mol. The molecule has 0 saturated carbocycles. The van der Waals surface area contributed by atoms with Crippen LogP contribution in [0.15, 0.2) is 54.6 Å². The Labute approximate surface area is 133 Å². The maximum absolute atomic E-state index is 12.6. The van der Waals surface area contributed by atoms with E-state index < -0.39 is 11.7 Å². The Balaban J connectivity index is 1.75. The molecule has 1 N–H and O–H groups in total. The van der Waals surface area contributed by atoms with Gasteiger partial charge in [-0.05, 0) is 42.8 Å². The van der Waals surface area contributed by atoms with E-state index in [9.17, 15) is 13.2 Å². The van der Waals surface area contributed by atoms with Crippen LogP contribution in [0, 0.1) is 0 Å². The lowest BCUT2D eigenvalue weighted by atomic mass is 9.89. The number of halogens is 3. The van der Waals surface area contributed by atoms with E-state index in [4.69, 9.17) is 4.74 Å². The molecule has 0 aromatic heterocycles. The molecule has 5 heteroatoms.